The second kappa shape index (κ2) is 8.39. The molecule has 0 fully saturated rings. The van der Waals surface area contributed by atoms with Crippen LogP contribution in [0.15, 0.2) is 48.5 Å². The van der Waals surface area contributed by atoms with Crippen LogP contribution in [0.25, 0.3) is 0 Å². The lowest BCUT2D eigenvalue weighted by Gasteiger charge is -2.30. The van der Waals surface area contributed by atoms with Crippen molar-refractivity contribution in [3.8, 4) is 11.5 Å². The molecule has 150 valence electrons. The van der Waals surface area contributed by atoms with Crippen LogP contribution < -0.4 is 19.7 Å². The Hall–Kier alpha value is -3.28. The summed E-state index contributed by atoms with van der Waals surface area (Å²) in [4.78, 5) is 11.6. The zero-order valence-electron chi connectivity index (χ0n) is 17.1. The molecule has 2 aromatic carbocycles. The van der Waals surface area contributed by atoms with Crippen LogP contribution in [0.5, 0.6) is 11.5 Å². The molecule has 0 unspecified atom stereocenters. The normalized spacial score (nSPS) is 13.0. The van der Waals surface area contributed by atoms with E-state index in [2.05, 4.69) is 39.5 Å². The van der Waals surface area contributed by atoms with Crippen LogP contribution in [0.1, 0.15) is 22.4 Å². The summed E-state index contributed by atoms with van der Waals surface area (Å²) in [5.74, 6) is 3.14. The first kappa shape index (κ1) is 19.1. The number of rotatable bonds is 6. The average Bonchev–Trinajstić information content (AvgIpc) is 2.76. The molecule has 0 spiro atoms. The van der Waals surface area contributed by atoms with Crippen molar-refractivity contribution >= 4 is 11.8 Å². The third-order valence-corrected chi connectivity index (χ3v) is 5.18. The molecule has 6 nitrogen and oxygen atoms in total. The molecule has 0 amide bonds. The summed E-state index contributed by atoms with van der Waals surface area (Å²) in [5.41, 5.74) is 4.69. The van der Waals surface area contributed by atoms with Crippen LogP contribution in [0, 0.1) is 6.92 Å². The van der Waals surface area contributed by atoms with Crippen molar-refractivity contribution in [3.63, 3.8) is 0 Å². The zero-order valence-corrected chi connectivity index (χ0v) is 17.1. The van der Waals surface area contributed by atoms with E-state index >= 15 is 0 Å². The van der Waals surface area contributed by atoms with Crippen molar-refractivity contribution in [2.45, 2.75) is 26.4 Å². The third-order valence-electron chi connectivity index (χ3n) is 5.18. The highest BCUT2D eigenvalue weighted by Gasteiger charge is 2.21. The van der Waals surface area contributed by atoms with Gasteiger partial charge in [0.25, 0.3) is 0 Å². The molecule has 3 aromatic rings. The second-order valence-electron chi connectivity index (χ2n) is 7.18. The Balaban J connectivity index is 1.54. The van der Waals surface area contributed by atoms with Crippen molar-refractivity contribution in [2.75, 3.05) is 31.0 Å². The topological polar surface area (TPSA) is 59.5 Å². The van der Waals surface area contributed by atoms with Crippen molar-refractivity contribution in [3.05, 3.63) is 70.9 Å². The number of benzene rings is 2. The number of ether oxygens (including phenoxy) is 2. The summed E-state index contributed by atoms with van der Waals surface area (Å²) in [6.45, 7) is 4.38. The molecule has 4 rings (SSSR count). The quantitative estimate of drug-likeness (QED) is 0.687. The molecular formula is C23H26N4O2. The van der Waals surface area contributed by atoms with Crippen molar-refractivity contribution in [2.24, 2.45) is 0 Å². The molecule has 1 aliphatic heterocycles. The van der Waals surface area contributed by atoms with E-state index in [1.807, 2.05) is 31.2 Å². The number of hydrogen-bond donors (Lipinski definition) is 1. The first-order valence-corrected chi connectivity index (χ1v) is 9.78. The van der Waals surface area contributed by atoms with E-state index in [1.54, 1.807) is 14.2 Å². The van der Waals surface area contributed by atoms with Crippen LogP contribution in [-0.2, 0) is 19.5 Å². The summed E-state index contributed by atoms with van der Waals surface area (Å²) in [5, 5.41) is 3.35. The number of anilines is 2. The highest BCUT2D eigenvalue weighted by Crippen LogP contribution is 2.34. The summed E-state index contributed by atoms with van der Waals surface area (Å²) in [7, 11) is 3.34. The van der Waals surface area contributed by atoms with Gasteiger partial charge in [0.15, 0.2) is 11.5 Å². The van der Waals surface area contributed by atoms with Gasteiger partial charge in [-0.05, 0) is 42.2 Å². The van der Waals surface area contributed by atoms with E-state index in [-0.39, 0.29) is 0 Å². The number of fused-ring (bicyclic) bond motifs is 1. The SMILES string of the molecule is COc1cc2c(cc1OC)CN(c1cc(C)nc(NCc3ccccc3)n1)CC2. The molecule has 1 aliphatic rings. The van der Waals surface area contributed by atoms with Gasteiger partial charge in [0.2, 0.25) is 5.95 Å². The van der Waals surface area contributed by atoms with Gasteiger partial charge >= 0.3 is 0 Å². The fourth-order valence-corrected chi connectivity index (χ4v) is 3.65. The summed E-state index contributed by atoms with van der Waals surface area (Å²) >= 11 is 0. The monoisotopic (exact) mass is 390 g/mol. The predicted octanol–water partition coefficient (Wildman–Crippen LogP) is 3.98. The Morgan fingerprint density at radius 2 is 1.69 bits per heavy atom. The number of nitrogens with one attached hydrogen (secondary N) is 1. The van der Waals surface area contributed by atoms with E-state index in [1.165, 1.54) is 16.7 Å². The molecular weight excluding hydrogens is 364 g/mol. The Bertz CT molecular complexity index is 992. The molecule has 2 heterocycles. The largest absolute Gasteiger partial charge is 0.493 e. The Morgan fingerprint density at radius 1 is 0.966 bits per heavy atom. The molecule has 1 N–H and O–H groups in total. The van der Waals surface area contributed by atoms with Gasteiger partial charge in [-0.1, -0.05) is 30.3 Å². The maximum atomic E-state index is 5.48. The summed E-state index contributed by atoms with van der Waals surface area (Å²) in [6, 6.07) is 16.5. The standard InChI is InChI=1S/C23H26N4O2/c1-16-11-22(26-23(25-16)24-14-17-7-5-4-6-8-17)27-10-9-18-12-20(28-2)21(29-3)13-19(18)15-27/h4-8,11-13H,9-10,14-15H2,1-3H3,(H,24,25,26). The number of aromatic nitrogens is 2. The lowest BCUT2D eigenvalue weighted by Crippen LogP contribution is -2.31. The van der Waals surface area contributed by atoms with Crippen molar-refractivity contribution < 1.29 is 9.47 Å². The molecule has 1 aromatic heterocycles. The van der Waals surface area contributed by atoms with Gasteiger partial charge in [0, 0.05) is 31.4 Å². The van der Waals surface area contributed by atoms with Gasteiger partial charge in [-0.15, -0.1) is 0 Å². The summed E-state index contributed by atoms with van der Waals surface area (Å²) < 4.78 is 10.9. The van der Waals surface area contributed by atoms with E-state index < -0.39 is 0 Å². The van der Waals surface area contributed by atoms with Crippen molar-refractivity contribution in [1.82, 2.24) is 9.97 Å². The van der Waals surface area contributed by atoms with Crippen LogP contribution >= 0.6 is 0 Å². The smallest absolute Gasteiger partial charge is 0.225 e. The highest BCUT2D eigenvalue weighted by molar-refractivity contribution is 5.53. The minimum Gasteiger partial charge on any atom is -0.493 e. The maximum Gasteiger partial charge on any atom is 0.225 e. The number of nitrogens with zero attached hydrogens (tertiary/aromatic N) is 3. The minimum atomic E-state index is 0.655. The molecule has 0 saturated heterocycles. The number of methoxy groups -OCH3 is 2. The lowest BCUT2D eigenvalue weighted by atomic mass is 9.99. The molecule has 6 heteroatoms. The molecule has 0 bridgehead atoms. The van der Waals surface area contributed by atoms with Crippen molar-refractivity contribution in [1.29, 1.82) is 0 Å². The van der Waals surface area contributed by atoms with E-state index in [0.717, 1.165) is 42.5 Å². The molecule has 29 heavy (non-hydrogen) atoms. The Kier molecular flexibility index (Phi) is 5.51. The molecule has 0 aliphatic carbocycles. The minimum absolute atomic E-state index is 0.655. The molecule has 0 radical (unpaired) electrons. The first-order chi connectivity index (χ1) is 14.2. The van der Waals surface area contributed by atoms with Crippen LogP contribution in [-0.4, -0.2) is 30.7 Å². The fourth-order valence-electron chi connectivity index (χ4n) is 3.65. The number of hydrogen-bond acceptors (Lipinski definition) is 6. The lowest BCUT2D eigenvalue weighted by molar-refractivity contribution is 0.353. The second-order valence-corrected chi connectivity index (χ2v) is 7.18. The number of aryl methyl sites for hydroxylation is 1. The predicted molar refractivity (Wildman–Crippen MR) is 115 cm³/mol. The molecule has 0 saturated carbocycles. The van der Waals surface area contributed by atoms with Crippen LogP contribution in [0.3, 0.4) is 0 Å². The van der Waals surface area contributed by atoms with Crippen LogP contribution in [0.4, 0.5) is 11.8 Å². The van der Waals surface area contributed by atoms with Gasteiger partial charge in [-0.3, -0.25) is 0 Å². The van der Waals surface area contributed by atoms with Gasteiger partial charge < -0.3 is 19.7 Å². The van der Waals surface area contributed by atoms with Gasteiger partial charge in [-0.2, -0.15) is 4.98 Å². The Morgan fingerprint density at radius 3 is 2.41 bits per heavy atom. The third kappa shape index (κ3) is 4.26. The van der Waals surface area contributed by atoms with Gasteiger partial charge in [-0.25, -0.2) is 4.98 Å². The fraction of sp³-hybridized carbons (Fsp3) is 0.304. The van der Waals surface area contributed by atoms with E-state index in [0.29, 0.717) is 12.5 Å². The maximum absolute atomic E-state index is 5.48. The van der Waals surface area contributed by atoms with Gasteiger partial charge in [0.05, 0.1) is 14.2 Å². The average molecular weight is 390 g/mol. The van der Waals surface area contributed by atoms with E-state index in [9.17, 15) is 0 Å². The first-order valence-electron chi connectivity index (χ1n) is 9.78. The van der Waals surface area contributed by atoms with E-state index in [4.69, 9.17) is 14.5 Å². The zero-order chi connectivity index (χ0) is 20.2. The summed E-state index contributed by atoms with van der Waals surface area (Å²) in [6.07, 6.45) is 0.936. The van der Waals surface area contributed by atoms with Gasteiger partial charge in [0.1, 0.15) is 5.82 Å². The molecule has 0 atom stereocenters. The van der Waals surface area contributed by atoms with Crippen LogP contribution in [0.2, 0.25) is 0 Å². The Labute approximate surface area is 171 Å². The highest BCUT2D eigenvalue weighted by atomic mass is 16.5.